The molecule has 3 rings (SSSR count). The predicted molar refractivity (Wildman–Crippen MR) is 122 cm³/mol. The van der Waals surface area contributed by atoms with Crippen LogP contribution in [-0.2, 0) is 26.7 Å². The molecule has 2 N–H and O–H groups in total. The molecule has 0 unspecified atom stereocenters. The minimum Gasteiger partial charge on any atom is -0.480 e. The second-order valence-electron chi connectivity index (χ2n) is 8.56. The Morgan fingerprint density at radius 1 is 0.903 bits per heavy atom. The first-order chi connectivity index (χ1) is 14.6. The molecule has 0 fully saturated rings. The first kappa shape index (κ1) is 22.7. The van der Waals surface area contributed by atoms with Crippen LogP contribution in [0, 0.1) is 0 Å². The molecule has 0 saturated carbocycles. The summed E-state index contributed by atoms with van der Waals surface area (Å²) in [5.41, 5.74) is 3.60. The van der Waals surface area contributed by atoms with E-state index in [1.807, 2.05) is 36.4 Å². The molecule has 0 aliphatic rings. The summed E-state index contributed by atoms with van der Waals surface area (Å²) in [6.07, 6.45) is 0.0589. The lowest BCUT2D eigenvalue weighted by molar-refractivity contribution is -0.138. The van der Waals surface area contributed by atoms with Crippen LogP contribution < -0.4 is 4.72 Å². The predicted octanol–water partition coefficient (Wildman–Crippen LogP) is 4.63. The number of rotatable bonds is 7. The highest BCUT2D eigenvalue weighted by Crippen LogP contribution is 2.27. The van der Waals surface area contributed by atoms with E-state index < -0.39 is 22.0 Å². The van der Waals surface area contributed by atoms with Gasteiger partial charge in [-0.05, 0) is 46.2 Å². The standard InChI is InChI=1S/C25H27NO4S/c1-25(2,3)21-14-12-19(13-15-21)20-10-7-11-22(17-20)31(29,30)26-23(24(27)28)16-18-8-5-4-6-9-18/h4-15,17,23,26H,16H2,1-3H3,(H,27,28)/t23-/m0/s1. The number of carbonyl (C=O) groups is 1. The van der Waals surface area contributed by atoms with Crippen molar-refractivity contribution in [2.45, 2.75) is 43.5 Å². The number of hydrogen-bond acceptors (Lipinski definition) is 3. The van der Waals surface area contributed by atoms with E-state index in [-0.39, 0.29) is 16.7 Å². The highest BCUT2D eigenvalue weighted by molar-refractivity contribution is 7.89. The van der Waals surface area contributed by atoms with Gasteiger partial charge in [0, 0.05) is 0 Å². The lowest BCUT2D eigenvalue weighted by Gasteiger charge is -2.19. The van der Waals surface area contributed by atoms with Gasteiger partial charge in [0.15, 0.2) is 0 Å². The summed E-state index contributed by atoms with van der Waals surface area (Å²) < 4.78 is 28.2. The zero-order valence-corrected chi connectivity index (χ0v) is 18.7. The lowest BCUT2D eigenvalue weighted by Crippen LogP contribution is -2.42. The normalized spacial score (nSPS) is 13.0. The van der Waals surface area contributed by atoms with Gasteiger partial charge in [0.1, 0.15) is 6.04 Å². The second kappa shape index (κ2) is 9.04. The summed E-state index contributed by atoms with van der Waals surface area (Å²) in [7, 11) is -4.02. The quantitative estimate of drug-likeness (QED) is 0.565. The molecule has 0 bridgehead atoms. The van der Waals surface area contributed by atoms with E-state index in [0.717, 1.165) is 16.7 Å². The zero-order valence-electron chi connectivity index (χ0n) is 17.9. The van der Waals surface area contributed by atoms with Gasteiger partial charge < -0.3 is 5.11 Å². The molecule has 0 aliphatic heterocycles. The van der Waals surface area contributed by atoms with Gasteiger partial charge in [-0.15, -0.1) is 0 Å². The van der Waals surface area contributed by atoms with Crippen LogP contribution in [0.1, 0.15) is 31.9 Å². The Balaban J connectivity index is 1.85. The summed E-state index contributed by atoms with van der Waals surface area (Å²) in [4.78, 5) is 11.7. The minimum atomic E-state index is -4.02. The summed E-state index contributed by atoms with van der Waals surface area (Å²) >= 11 is 0. The fourth-order valence-electron chi connectivity index (χ4n) is 3.29. The molecule has 0 spiro atoms. The Morgan fingerprint density at radius 3 is 2.13 bits per heavy atom. The molecule has 0 aromatic heterocycles. The number of benzene rings is 3. The Bertz CT molecular complexity index is 1150. The molecule has 0 aliphatic carbocycles. The first-order valence-electron chi connectivity index (χ1n) is 10.1. The topological polar surface area (TPSA) is 83.5 Å². The van der Waals surface area contributed by atoms with E-state index in [1.165, 1.54) is 11.6 Å². The number of aliphatic carboxylic acids is 1. The molecule has 0 radical (unpaired) electrons. The number of carboxylic acids is 1. The average molecular weight is 438 g/mol. The number of sulfonamides is 1. The summed E-state index contributed by atoms with van der Waals surface area (Å²) in [5.74, 6) is -1.22. The van der Waals surface area contributed by atoms with E-state index >= 15 is 0 Å². The lowest BCUT2D eigenvalue weighted by atomic mass is 9.86. The Morgan fingerprint density at radius 2 is 1.55 bits per heavy atom. The third kappa shape index (κ3) is 5.81. The maximum atomic E-state index is 12.9. The molecular formula is C25H27NO4S. The van der Waals surface area contributed by atoms with Crippen LogP contribution in [0.3, 0.4) is 0 Å². The van der Waals surface area contributed by atoms with Crippen molar-refractivity contribution in [3.05, 3.63) is 90.0 Å². The first-order valence-corrected chi connectivity index (χ1v) is 11.5. The molecule has 0 heterocycles. The summed E-state index contributed by atoms with van der Waals surface area (Å²) in [6.45, 7) is 6.40. The van der Waals surface area contributed by atoms with Gasteiger partial charge in [-0.25, -0.2) is 8.42 Å². The van der Waals surface area contributed by atoms with Crippen LogP contribution in [0.15, 0.2) is 83.8 Å². The van der Waals surface area contributed by atoms with Crippen molar-refractivity contribution in [3.8, 4) is 11.1 Å². The van der Waals surface area contributed by atoms with E-state index in [0.29, 0.717) is 0 Å². The fourth-order valence-corrected chi connectivity index (χ4v) is 4.52. The van der Waals surface area contributed by atoms with Gasteiger partial charge >= 0.3 is 5.97 Å². The maximum absolute atomic E-state index is 12.9. The van der Waals surface area contributed by atoms with Crippen LogP contribution in [0.5, 0.6) is 0 Å². The van der Waals surface area contributed by atoms with Gasteiger partial charge in [-0.1, -0.05) is 87.5 Å². The van der Waals surface area contributed by atoms with Gasteiger partial charge in [0.2, 0.25) is 10.0 Å². The molecule has 0 amide bonds. The van der Waals surface area contributed by atoms with Crippen LogP contribution >= 0.6 is 0 Å². The van der Waals surface area contributed by atoms with Crippen molar-refractivity contribution in [1.82, 2.24) is 4.72 Å². The Hall–Kier alpha value is -2.96. The van der Waals surface area contributed by atoms with E-state index in [1.54, 1.807) is 36.4 Å². The number of nitrogens with one attached hydrogen (secondary N) is 1. The van der Waals surface area contributed by atoms with Crippen molar-refractivity contribution < 1.29 is 18.3 Å². The maximum Gasteiger partial charge on any atom is 0.322 e. The van der Waals surface area contributed by atoms with Crippen molar-refractivity contribution in [3.63, 3.8) is 0 Å². The zero-order chi connectivity index (χ0) is 22.6. The average Bonchev–Trinajstić information content (AvgIpc) is 2.73. The molecule has 3 aromatic rings. The molecule has 162 valence electrons. The Kier molecular flexibility index (Phi) is 6.62. The largest absolute Gasteiger partial charge is 0.480 e. The minimum absolute atomic E-state index is 0.0260. The Labute approximate surface area is 183 Å². The fraction of sp³-hybridized carbons (Fsp3) is 0.240. The third-order valence-electron chi connectivity index (χ3n) is 5.11. The molecular weight excluding hydrogens is 410 g/mol. The molecule has 3 aromatic carbocycles. The highest BCUT2D eigenvalue weighted by atomic mass is 32.2. The van der Waals surface area contributed by atoms with Crippen molar-refractivity contribution >= 4 is 16.0 Å². The molecule has 5 nitrogen and oxygen atoms in total. The summed E-state index contributed by atoms with van der Waals surface area (Å²) in [5, 5.41) is 9.54. The van der Waals surface area contributed by atoms with Gasteiger partial charge in [0.05, 0.1) is 4.90 Å². The summed E-state index contributed by atoms with van der Waals surface area (Å²) in [6, 6.07) is 22.2. The molecule has 0 saturated heterocycles. The van der Waals surface area contributed by atoms with Crippen molar-refractivity contribution in [1.29, 1.82) is 0 Å². The highest BCUT2D eigenvalue weighted by Gasteiger charge is 2.26. The van der Waals surface area contributed by atoms with E-state index in [4.69, 9.17) is 0 Å². The van der Waals surface area contributed by atoms with E-state index in [9.17, 15) is 18.3 Å². The molecule has 6 heteroatoms. The van der Waals surface area contributed by atoms with Gasteiger partial charge in [-0.3, -0.25) is 4.79 Å². The number of carboxylic acid groups (broad SMARTS) is 1. The van der Waals surface area contributed by atoms with Crippen LogP contribution in [0.25, 0.3) is 11.1 Å². The van der Waals surface area contributed by atoms with Crippen molar-refractivity contribution in [2.24, 2.45) is 0 Å². The number of hydrogen-bond donors (Lipinski definition) is 2. The van der Waals surface area contributed by atoms with Gasteiger partial charge in [-0.2, -0.15) is 4.72 Å². The van der Waals surface area contributed by atoms with E-state index in [2.05, 4.69) is 25.5 Å². The molecule has 31 heavy (non-hydrogen) atoms. The van der Waals surface area contributed by atoms with Gasteiger partial charge in [0.25, 0.3) is 0 Å². The third-order valence-corrected chi connectivity index (χ3v) is 6.58. The van der Waals surface area contributed by atoms with Crippen LogP contribution in [-0.4, -0.2) is 25.5 Å². The SMILES string of the molecule is CC(C)(C)c1ccc(-c2cccc(S(=O)(=O)N[C@@H](Cc3ccccc3)C(=O)O)c2)cc1. The van der Waals surface area contributed by atoms with Crippen LogP contribution in [0.4, 0.5) is 0 Å². The van der Waals surface area contributed by atoms with Crippen LogP contribution in [0.2, 0.25) is 0 Å². The monoisotopic (exact) mass is 437 g/mol. The van der Waals surface area contributed by atoms with Crippen molar-refractivity contribution in [2.75, 3.05) is 0 Å². The smallest absolute Gasteiger partial charge is 0.322 e. The second-order valence-corrected chi connectivity index (χ2v) is 10.3. The molecule has 1 atom stereocenters.